The van der Waals surface area contributed by atoms with Crippen LogP contribution in [-0.4, -0.2) is 25.4 Å². The lowest BCUT2D eigenvalue weighted by Crippen LogP contribution is -2.29. The first-order valence-electron chi connectivity index (χ1n) is 8.10. The van der Waals surface area contributed by atoms with Crippen molar-refractivity contribution in [2.75, 3.05) is 18.9 Å². The minimum absolute atomic E-state index is 0. The number of rotatable bonds is 7. The summed E-state index contributed by atoms with van der Waals surface area (Å²) in [5, 5.41) is 8.61. The van der Waals surface area contributed by atoms with Crippen LogP contribution in [0.2, 0.25) is 0 Å². The van der Waals surface area contributed by atoms with Gasteiger partial charge in [0.1, 0.15) is 5.82 Å². The van der Waals surface area contributed by atoms with Crippen molar-refractivity contribution in [3.8, 4) is 0 Å². The molecule has 0 aliphatic carbocycles. The Morgan fingerprint density at radius 1 is 1.04 bits per heavy atom. The van der Waals surface area contributed by atoms with Crippen LogP contribution >= 0.6 is 12.4 Å². The summed E-state index contributed by atoms with van der Waals surface area (Å²) >= 11 is 0. The van der Waals surface area contributed by atoms with E-state index in [9.17, 15) is 14.0 Å². The zero-order valence-electron chi connectivity index (χ0n) is 14.7. The molecule has 26 heavy (non-hydrogen) atoms. The standard InChI is InChI=1S/C19H22FN3O2.ClH/c1-13(22-18(24)11-12-21-2)14-5-9-17(10-6-14)23-19(25)15-3-7-16(20)8-4-15;/h3-10,13,21H,11-12H2,1-2H3,(H,22,24)(H,23,25);1H. The average molecular weight is 380 g/mol. The molecular weight excluding hydrogens is 357 g/mol. The van der Waals surface area contributed by atoms with Crippen LogP contribution in [0.15, 0.2) is 48.5 Å². The van der Waals surface area contributed by atoms with Gasteiger partial charge in [-0.05, 0) is 55.9 Å². The Bertz CT molecular complexity index is 721. The fourth-order valence-corrected chi connectivity index (χ4v) is 2.30. The van der Waals surface area contributed by atoms with Crippen molar-refractivity contribution < 1.29 is 14.0 Å². The third-order valence-electron chi connectivity index (χ3n) is 3.75. The SMILES string of the molecule is CNCCC(=O)NC(C)c1ccc(NC(=O)c2ccc(F)cc2)cc1.Cl. The van der Waals surface area contributed by atoms with E-state index in [-0.39, 0.29) is 36.1 Å². The Balaban J connectivity index is 0.00000338. The molecule has 2 amide bonds. The molecule has 5 nitrogen and oxygen atoms in total. The second-order valence-corrected chi connectivity index (χ2v) is 5.73. The molecule has 0 heterocycles. The lowest BCUT2D eigenvalue weighted by molar-refractivity contribution is -0.121. The first kappa shape index (κ1) is 21.6. The fraction of sp³-hybridized carbons (Fsp3) is 0.263. The Hall–Kier alpha value is -2.44. The predicted molar refractivity (Wildman–Crippen MR) is 103 cm³/mol. The summed E-state index contributed by atoms with van der Waals surface area (Å²) in [7, 11) is 1.80. The molecule has 1 unspecified atom stereocenters. The smallest absolute Gasteiger partial charge is 0.255 e. The summed E-state index contributed by atoms with van der Waals surface area (Å²) in [6.07, 6.45) is 0.423. The Labute approximate surface area is 158 Å². The Morgan fingerprint density at radius 2 is 1.65 bits per heavy atom. The van der Waals surface area contributed by atoms with Crippen molar-refractivity contribution in [2.24, 2.45) is 0 Å². The largest absolute Gasteiger partial charge is 0.350 e. The van der Waals surface area contributed by atoms with Gasteiger partial charge in [-0.2, -0.15) is 0 Å². The maximum Gasteiger partial charge on any atom is 0.255 e. The van der Waals surface area contributed by atoms with Gasteiger partial charge in [-0.25, -0.2) is 4.39 Å². The van der Waals surface area contributed by atoms with Gasteiger partial charge in [0, 0.05) is 24.2 Å². The molecule has 2 rings (SSSR count). The van der Waals surface area contributed by atoms with Gasteiger partial charge in [-0.15, -0.1) is 12.4 Å². The van der Waals surface area contributed by atoms with Gasteiger partial charge >= 0.3 is 0 Å². The number of halogens is 2. The summed E-state index contributed by atoms with van der Waals surface area (Å²) < 4.78 is 12.9. The second-order valence-electron chi connectivity index (χ2n) is 5.73. The average Bonchev–Trinajstić information content (AvgIpc) is 2.61. The van der Waals surface area contributed by atoms with E-state index in [2.05, 4.69) is 16.0 Å². The van der Waals surface area contributed by atoms with E-state index < -0.39 is 0 Å². The zero-order valence-corrected chi connectivity index (χ0v) is 15.5. The highest BCUT2D eigenvalue weighted by Gasteiger charge is 2.10. The molecule has 0 aliphatic heterocycles. The molecule has 2 aromatic carbocycles. The maximum atomic E-state index is 12.9. The third-order valence-corrected chi connectivity index (χ3v) is 3.75. The van der Waals surface area contributed by atoms with E-state index in [1.165, 1.54) is 24.3 Å². The minimum Gasteiger partial charge on any atom is -0.350 e. The number of hydrogen-bond donors (Lipinski definition) is 3. The third kappa shape index (κ3) is 6.46. The zero-order chi connectivity index (χ0) is 18.2. The maximum absolute atomic E-state index is 12.9. The summed E-state index contributed by atoms with van der Waals surface area (Å²) in [4.78, 5) is 23.8. The molecule has 0 aromatic heterocycles. The topological polar surface area (TPSA) is 70.2 Å². The van der Waals surface area contributed by atoms with Crippen LogP contribution in [0, 0.1) is 5.82 Å². The van der Waals surface area contributed by atoms with E-state index in [4.69, 9.17) is 0 Å². The summed E-state index contributed by atoms with van der Waals surface area (Å²) in [6.45, 7) is 2.54. The number of amides is 2. The van der Waals surface area contributed by atoms with Gasteiger partial charge in [0.05, 0.1) is 6.04 Å². The van der Waals surface area contributed by atoms with E-state index in [1.807, 2.05) is 19.1 Å². The molecule has 0 spiro atoms. The number of benzene rings is 2. The lowest BCUT2D eigenvalue weighted by atomic mass is 10.1. The highest BCUT2D eigenvalue weighted by Crippen LogP contribution is 2.17. The van der Waals surface area contributed by atoms with Gasteiger partial charge < -0.3 is 16.0 Å². The Morgan fingerprint density at radius 3 is 2.23 bits per heavy atom. The van der Waals surface area contributed by atoms with Gasteiger partial charge in [-0.1, -0.05) is 12.1 Å². The quantitative estimate of drug-likeness (QED) is 0.691. The molecule has 3 N–H and O–H groups in total. The van der Waals surface area contributed by atoms with Crippen molar-refractivity contribution in [2.45, 2.75) is 19.4 Å². The Kier molecular flexibility index (Phi) is 8.75. The molecule has 7 heteroatoms. The first-order valence-corrected chi connectivity index (χ1v) is 8.10. The molecule has 0 radical (unpaired) electrons. The molecule has 140 valence electrons. The molecule has 0 saturated heterocycles. The number of carbonyl (C=O) groups is 2. The predicted octanol–water partition coefficient (Wildman–Crippen LogP) is 3.29. The van der Waals surface area contributed by atoms with Crippen LogP contribution in [0.1, 0.15) is 35.3 Å². The molecular formula is C19H23ClFN3O2. The number of nitrogens with one attached hydrogen (secondary N) is 3. The van der Waals surface area contributed by atoms with Gasteiger partial charge in [0.2, 0.25) is 5.91 Å². The molecule has 2 aromatic rings. The minimum atomic E-state index is -0.383. The van der Waals surface area contributed by atoms with Crippen molar-refractivity contribution in [1.29, 1.82) is 0 Å². The highest BCUT2D eigenvalue weighted by atomic mass is 35.5. The highest BCUT2D eigenvalue weighted by molar-refractivity contribution is 6.04. The molecule has 0 saturated carbocycles. The van der Waals surface area contributed by atoms with Crippen LogP contribution in [0.4, 0.5) is 10.1 Å². The van der Waals surface area contributed by atoms with Crippen molar-refractivity contribution in [3.63, 3.8) is 0 Å². The summed E-state index contributed by atoms with van der Waals surface area (Å²) in [5.41, 5.74) is 1.96. The second kappa shape index (κ2) is 10.5. The van der Waals surface area contributed by atoms with Gasteiger partial charge in [-0.3, -0.25) is 9.59 Å². The van der Waals surface area contributed by atoms with E-state index in [0.29, 0.717) is 24.2 Å². The molecule has 0 fully saturated rings. The number of carbonyl (C=O) groups excluding carboxylic acids is 2. The van der Waals surface area contributed by atoms with E-state index in [0.717, 1.165) is 5.56 Å². The van der Waals surface area contributed by atoms with Crippen LogP contribution in [0.25, 0.3) is 0 Å². The number of anilines is 1. The van der Waals surface area contributed by atoms with Crippen LogP contribution in [0.5, 0.6) is 0 Å². The summed E-state index contributed by atoms with van der Waals surface area (Å²) in [6, 6.07) is 12.5. The molecule has 1 atom stereocenters. The first-order chi connectivity index (χ1) is 12.0. The van der Waals surface area contributed by atoms with E-state index in [1.54, 1.807) is 19.2 Å². The van der Waals surface area contributed by atoms with Gasteiger partial charge in [0.25, 0.3) is 5.91 Å². The van der Waals surface area contributed by atoms with Crippen molar-refractivity contribution in [3.05, 3.63) is 65.5 Å². The van der Waals surface area contributed by atoms with Crippen LogP contribution in [0.3, 0.4) is 0 Å². The van der Waals surface area contributed by atoms with Crippen LogP contribution in [-0.2, 0) is 4.79 Å². The molecule has 0 aliphatic rings. The molecule has 0 bridgehead atoms. The lowest BCUT2D eigenvalue weighted by Gasteiger charge is -2.15. The van der Waals surface area contributed by atoms with Crippen molar-refractivity contribution in [1.82, 2.24) is 10.6 Å². The fourth-order valence-electron chi connectivity index (χ4n) is 2.30. The normalized spacial score (nSPS) is 11.2. The monoisotopic (exact) mass is 379 g/mol. The van der Waals surface area contributed by atoms with Crippen LogP contribution < -0.4 is 16.0 Å². The summed E-state index contributed by atoms with van der Waals surface area (Å²) in [5.74, 6) is -0.705. The van der Waals surface area contributed by atoms with E-state index >= 15 is 0 Å². The van der Waals surface area contributed by atoms with Gasteiger partial charge in [0.15, 0.2) is 0 Å². The van der Waals surface area contributed by atoms with Crippen molar-refractivity contribution >= 4 is 29.9 Å². The number of hydrogen-bond acceptors (Lipinski definition) is 3.